The van der Waals surface area contributed by atoms with Crippen molar-refractivity contribution in [2.75, 3.05) is 13.2 Å². The van der Waals surface area contributed by atoms with E-state index in [4.69, 9.17) is 14.2 Å². The number of fused-ring (bicyclic) bond motifs is 2. The van der Waals surface area contributed by atoms with Crippen LogP contribution in [0, 0.1) is 0 Å². The van der Waals surface area contributed by atoms with Gasteiger partial charge in [0, 0.05) is 6.54 Å². The third-order valence-corrected chi connectivity index (χ3v) is 5.31. The number of aryl methyl sites for hydroxylation is 1. The van der Waals surface area contributed by atoms with Gasteiger partial charge in [-0.3, -0.25) is 4.79 Å². The van der Waals surface area contributed by atoms with Crippen LogP contribution in [0.15, 0.2) is 47.5 Å². The maximum Gasteiger partial charge on any atom is 0.292 e. The Balaban J connectivity index is 1.71. The second kappa shape index (κ2) is 7.44. The third-order valence-electron chi connectivity index (χ3n) is 4.27. The lowest BCUT2D eigenvalue weighted by atomic mass is 10.2. The molecule has 2 aromatic carbocycles. The second-order valence-corrected chi connectivity index (χ2v) is 6.99. The summed E-state index contributed by atoms with van der Waals surface area (Å²) in [7, 11) is 0. The molecule has 1 atom stereocenters. The third kappa shape index (κ3) is 3.30. The highest BCUT2D eigenvalue weighted by atomic mass is 32.1. The summed E-state index contributed by atoms with van der Waals surface area (Å²) in [6.07, 6.45) is -0.748. The predicted octanol–water partition coefficient (Wildman–Crippen LogP) is 3.39. The lowest BCUT2D eigenvalue weighted by Crippen LogP contribution is -2.36. The number of ether oxygens (including phenoxy) is 3. The molecule has 0 N–H and O–H groups in total. The van der Waals surface area contributed by atoms with Gasteiger partial charge >= 0.3 is 0 Å². The van der Waals surface area contributed by atoms with Crippen LogP contribution in [-0.4, -0.2) is 29.8 Å². The van der Waals surface area contributed by atoms with E-state index >= 15 is 0 Å². The summed E-state index contributed by atoms with van der Waals surface area (Å²) >= 11 is 1.47. The van der Waals surface area contributed by atoms with Gasteiger partial charge in [-0.05, 0) is 38.1 Å². The van der Waals surface area contributed by atoms with E-state index in [1.54, 1.807) is 6.07 Å². The summed E-state index contributed by atoms with van der Waals surface area (Å²) in [4.78, 5) is 17.7. The Bertz CT molecular complexity index is 1050. The first-order valence-corrected chi connectivity index (χ1v) is 9.75. The molecule has 0 saturated carbocycles. The van der Waals surface area contributed by atoms with Gasteiger partial charge in [0.05, 0.1) is 11.3 Å². The van der Waals surface area contributed by atoms with E-state index in [-0.39, 0.29) is 12.5 Å². The summed E-state index contributed by atoms with van der Waals surface area (Å²) in [6.45, 7) is 5.39. The molecular formula is C20H20N2O4S. The summed E-state index contributed by atoms with van der Waals surface area (Å²) < 4.78 is 20.2. The zero-order valence-electron chi connectivity index (χ0n) is 15.2. The van der Waals surface area contributed by atoms with Crippen molar-refractivity contribution in [1.82, 2.24) is 4.57 Å². The molecule has 2 heterocycles. The molecule has 6 nitrogen and oxygen atoms in total. The Morgan fingerprint density at radius 1 is 1.22 bits per heavy atom. The summed E-state index contributed by atoms with van der Waals surface area (Å²) in [5.74, 6) is 1.66. The van der Waals surface area contributed by atoms with Gasteiger partial charge in [-0.25, -0.2) is 0 Å². The predicted molar refractivity (Wildman–Crippen MR) is 104 cm³/mol. The van der Waals surface area contributed by atoms with E-state index < -0.39 is 6.10 Å². The number of amides is 1. The maximum absolute atomic E-state index is 12.7. The average Bonchev–Trinajstić information content (AvgIpc) is 3.05. The van der Waals surface area contributed by atoms with Gasteiger partial charge in [-0.15, -0.1) is 0 Å². The molecular weight excluding hydrogens is 364 g/mol. The van der Waals surface area contributed by atoms with Gasteiger partial charge in [0.25, 0.3) is 5.91 Å². The van der Waals surface area contributed by atoms with Crippen LogP contribution in [0.5, 0.6) is 17.2 Å². The largest absolute Gasteiger partial charge is 0.492 e. The monoisotopic (exact) mass is 384 g/mol. The quantitative estimate of drug-likeness (QED) is 0.692. The van der Waals surface area contributed by atoms with Crippen LogP contribution in [0.25, 0.3) is 10.2 Å². The highest BCUT2D eigenvalue weighted by Gasteiger charge is 2.27. The highest BCUT2D eigenvalue weighted by molar-refractivity contribution is 7.16. The van der Waals surface area contributed by atoms with Gasteiger partial charge < -0.3 is 18.8 Å². The number of thiazole rings is 1. The van der Waals surface area contributed by atoms with Crippen molar-refractivity contribution in [2.24, 2.45) is 4.99 Å². The molecule has 140 valence electrons. The fraction of sp³-hybridized carbons (Fsp3) is 0.300. The van der Waals surface area contributed by atoms with Crippen LogP contribution in [0.3, 0.4) is 0 Å². The number of hydrogen-bond acceptors (Lipinski definition) is 5. The summed E-state index contributed by atoms with van der Waals surface area (Å²) in [6, 6.07) is 13.2. The highest BCUT2D eigenvalue weighted by Crippen LogP contribution is 2.31. The van der Waals surface area contributed by atoms with Crippen molar-refractivity contribution in [3.63, 3.8) is 0 Å². The van der Waals surface area contributed by atoms with Crippen molar-refractivity contribution in [3.8, 4) is 17.2 Å². The molecule has 27 heavy (non-hydrogen) atoms. The minimum atomic E-state index is -0.748. The van der Waals surface area contributed by atoms with E-state index in [0.29, 0.717) is 29.5 Å². The number of aromatic nitrogens is 1. The van der Waals surface area contributed by atoms with Crippen molar-refractivity contribution in [3.05, 3.63) is 47.3 Å². The fourth-order valence-corrected chi connectivity index (χ4v) is 4.17. The molecule has 0 unspecified atom stereocenters. The van der Waals surface area contributed by atoms with Gasteiger partial charge in [0.15, 0.2) is 16.3 Å². The topological polar surface area (TPSA) is 62.1 Å². The molecule has 0 radical (unpaired) electrons. The van der Waals surface area contributed by atoms with Crippen molar-refractivity contribution in [2.45, 2.75) is 26.5 Å². The first-order valence-electron chi connectivity index (χ1n) is 8.93. The molecule has 1 aliphatic rings. The van der Waals surface area contributed by atoms with E-state index in [1.807, 2.05) is 54.8 Å². The summed E-state index contributed by atoms with van der Waals surface area (Å²) in [5, 5.41) is 0. The SMILES string of the molecule is CCOc1cccc2sc(=NC(=O)[C@@H]3COc4ccccc4O3)n(CC)c12. The average molecular weight is 384 g/mol. The van der Waals surface area contributed by atoms with Crippen LogP contribution in [0.2, 0.25) is 0 Å². The lowest BCUT2D eigenvalue weighted by molar-refractivity contribution is -0.127. The molecule has 0 bridgehead atoms. The number of carbonyl (C=O) groups excluding carboxylic acids is 1. The molecule has 1 amide bonds. The van der Waals surface area contributed by atoms with Crippen LogP contribution >= 0.6 is 11.3 Å². The van der Waals surface area contributed by atoms with Crippen molar-refractivity contribution < 1.29 is 19.0 Å². The Hall–Kier alpha value is -2.80. The molecule has 0 spiro atoms. The number of nitrogens with zero attached hydrogens (tertiary/aromatic N) is 2. The zero-order valence-corrected chi connectivity index (χ0v) is 16.0. The number of benzene rings is 2. The van der Waals surface area contributed by atoms with Crippen LogP contribution in [0.4, 0.5) is 0 Å². The Labute approximate surface area is 160 Å². The minimum Gasteiger partial charge on any atom is -0.492 e. The second-order valence-electron chi connectivity index (χ2n) is 5.98. The van der Waals surface area contributed by atoms with E-state index in [0.717, 1.165) is 16.0 Å². The van der Waals surface area contributed by atoms with Gasteiger partial charge in [0.2, 0.25) is 6.10 Å². The van der Waals surface area contributed by atoms with Crippen molar-refractivity contribution >= 4 is 27.5 Å². The molecule has 0 fully saturated rings. The fourth-order valence-electron chi connectivity index (χ4n) is 3.06. The van der Waals surface area contributed by atoms with Crippen LogP contribution in [0.1, 0.15) is 13.8 Å². The Kier molecular flexibility index (Phi) is 4.85. The first kappa shape index (κ1) is 17.6. The normalized spacial score (nSPS) is 16.5. The van der Waals surface area contributed by atoms with Crippen molar-refractivity contribution in [1.29, 1.82) is 0 Å². The van der Waals surface area contributed by atoms with Crippen LogP contribution in [-0.2, 0) is 11.3 Å². The number of hydrogen-bond donors (Lipinski definition) is 0. The number of para-hydroxylation sites is 3. The Morgan fingerprint density at radius 3 is 2.81 bits per heavy atom. The molecule has 7 heteroatoms. The number of carbonyl (C=O) groups is 1. The van der Waals surface area contributed by atoms with Gasteiger partial charge in [-0.1, -0.05) is 29.5 Å². The van der Waals surface area contributed by atoms with Gasteiger partial charge in [0.1, 0.15) is 17.9 Å². The molecule has 0 aliphatic carbocycles. The van der Waals surface area contributed by atoms with Crippen LogP contribution < -0.4 is 19.0 Å². The standard InChI is InChI=1S/C20H20N2O4S/c1-3-22-18-15(24-4-2)10-7-11-17(18)27-20(22)21-19(23)16-12-25-13-8-5-6-9-14(13)26-16/h5-11,16H,3-4,12H2,1-2H3/t16-/m0/s1. The molecule has 0 saturated heterocycles. The molecule has 1 aliphatic heterocycles. The molecule has 4 rings (SSSR count). The van der Waals surface area contributed by atoms with E-state index in [9.17, 15) is 4.79 Å². The first-order chi connectivity index (χ1) is 13.2. The Morgan fingerprint density at radius 2 is 2.04 bits per heavy atom. The summed E-state index contributed by atoms with van der Waals surface area (Å²) in [5.41, 5.74) is 0.963. The van der Waals surface area contributed by atoms with E-state index in [1.165, 1.54) is 11.3 Å². The minimum absolute atomic E-state index is 0.153. The van der Waals surface area contributed by atoms with E-state index in [2.05, 4.69) is 4.99 Å². The van der Waals surface area contributed by atoms with Gasteiger partial charge in [-0.2, -0.15) is 4.99 Å². The zero-order chi connectivity index (χ0) is 18.8. The molecule has 1 aromatic heterocycles. The number of rotatable bonds is 4. The molecule has 3 aromatic rings. The lowest BCUT2D eigenvalue weighted by Gasteiger charge is -2.23. The smallest absolute Gasteiger partial charge is 0.292 e. The maximum atomic E-state index is 12.7.